The second-order valence-corrected chi connectivity index (χ2v) is 8.66. The van der Waals surface area contributed by atoms with E-state index in [1.807, 2.05) is 12.2 Å². The van der Waals surface area contributed by atoms with Crippen molar-refractivity contribution in [1.29, 1.82) is 0 Å². The van der Waals surface area contributed by atoms with Crippen LogP contribution >= 0.6 is 0 Å². The summed E-state index contributed by atoms with van der Waals surface area (Å²) in [5.74, 6) is 2.38. The zero-order valence-electron chi connectivity index (χ0n) is 19.8. The molecule has 2 N–H and O–H groups in total. The smallest absolute Gasteiger partial charge is 0.164 e. The van der Waals surface area contributed by atoms with Crippen LogP contribution in [-0.2, 0) is 14.3 Å². The Morgan fingerprint density at radius 1 is 1.06 bits per heavy atom. The van der Waals surface area contributed by atoms with Crippen molar-refractivity contribution in [3.8, 4) is 17.2 Å². The number of rotatable bonds is 9. The summed E-state index contributed by atoms with van der Waals surface area (Å²) < 4.78 is 22.2. The molecule has 3 rings (SSSR count). The lowest BCUT2D eigenvalue weighted by Gasteiger charge is -2.27. The van der Waals surface area contributed by atoms with Crippen LogP contribution in [0.2, 0.25) is 0 Å². The average Bonchev–Trinajstić information content (AvgIpc) is 2.81. The topological polar surface area (TPSA) is 94.5 Å². The molecule has 0 radical (unpaired) electrons. The number of allylic oxidation sites excluding steroid dienone is 5. The lowest BCUT2D eigenvalue weighted by Crippen LogP contribution is -2.23. The second-order valence-electron chi connectivity index (χ2n) is 8.66. The van der Waals surface area contributed by atoms with Crippen molar-refractivity contribution in [2.75, 3.05) is 27.9 Å². The molecule has 7 nitrogen and oxygen atoms in total. The van der Waals surface area contributed by atoms with Gasteiger partial charge in [-0.1, -0.05) is 0 Å². The second kappa shape index (κ2) is 10.2. The summed E-state index contributed by atoms with van der Waals surface area (Å²) in [5.41, 5.74) is 1.42. The molecule has 0 amide bonds. The molecule has 2 aliphatic carbocycles. The summed E-state index contributed by atoms with van der Waals surface area (Å²) in [7, 11) is 4.75. The van der Waals surface area contributed by atoms with E-state index in [0.717, 1.165) is 17.6 Å². The highest BCUT2D eigenvalue weighted by molar-refractivity contribution is 5.94. The Labute approximate surface area is 194 Å². The van der Waals surface area contributed by atoms with Crippen LogP contribution in [0.5, 0.6) is 17.2 Å². The minimum Gasteiger partial charge on any atom is -0.507 e. The highest BCUT2D eigenvalue weighted by atomic mass is 16.5. The van der Waals surface area contributed by atoms with E-state index in [1.165, 1.54) is 13.2 Å². The van der Waals surface area contributed by atoms with E-state index in [1.54, 1.807) is 40.2 Å². The van der Waals surface area contributed by atoms with Gasteiger partial charge in [0.25, 0.3) is 0 Å². The molecular weight excluding hydrogens is 424 g/mol. The number of carbonyl (C=O) groups excluding carboxylic acids is 1. The number of aldehydes is 1. The van der Waals surface area contributed by atoms with Crippen molar-refractivity contribution in [3.05, 3.63) is 58.6 Å². The average molecular weight is 457 g/mol. The van der Waals surface area contributed by atoms with E-state index in [2.05, 4.69) is 0 Å². The Morgan fingerprint density at radius 2 is 1.82 bits per heavy atom. The summed E-state index contributed by atoms with van der Waals surface area (Å²) in [6.45, 7) is 3.73. The Hall–Kier alpha value is -3.19. The maximum Gasteiger partial charge on any atom is 0.164 e. The SMILES string of the molecule is COC1=CC(COc2cc(O)c(C3=C(C=O)C=C(C(C)(C)O)CC3)cc2OC)CC(OC)=C1. The standard InChI is InChI=1S/C26H32O7/c1-26(2,29)18-6-7-21(17(10-18)14-27)22-12-24(32-5)25(13-23(22)28)33-15-16-8-19(30-3)11-20(9-16)31-4/h8,10-14,16,28-29H,6-7,9,15H2,1-5H3. The predicted octanol–water partition coefficient (Wildman–Crippen LogP) is 4.30. The first-order valence-electron chi connectivity index (χ1n) is 10.9. The molecule has 0 saturated heterocycles. The number of methoxy groups -OCH3 is 3. The molecule has 178 valence electrons. The number of hydrogen-bond acceptors (Lipinski definition) is 7. The molecule has 1 aromatic carbocycles. The van der Waals surface area contributed by atoms with Crippen molar-refractivity contribution in [2.24, 2.45) is 5.92 Å². The predicted molar refractivity (Wildman–Crippen MR) is 125 cm³/mol. The number of benzene rings is 1. The summed E-state index contributed by atoms with van der Waals surface area (Å²) in [6, 6.07) is 3.19. The third kappa shape index (κ3) is 5.60. The molecule has 1 unspecified atom stereocenters. The van der Waals surface area contributed by atoms with Gasteiger partial charge >= 0.3 is 0 Å². The van der Waals surface area contributed by atoms with Crippen LogP contribution in [0.3, 0.4) is 0 Å². The molecule has 0 saturated carbocycles. The van der Waals surface area contributed by atoms with Gasteiger partial charge in [0.05, 0.1) is 39.3 Å². The first-order chi connectivity index (χ1) is 15.7. The molecule has 0 bridgehead atoms. The molecule has 0 aromatic heterocycles. The normalized spacial score (nSPS) is 18.7. The molecule has 7 heteroatoms. The number of aromatic hydroxyl groups is 1. The van der Waals surface area contributed by atoms with Crippen LogP contribution in [-0.4, -0.2) is 50.0 Å². The maximum absolute atomic E-state index is 11.8. The molecule has 1 aromatic rings. The quantitative estimate of drug-likeness (QED) is 0.535. The molecule has 2 aliphatic rings. The Bertz CT molecular complexity index is 1020. The van der Waals surface area contributed by atoms with Crippen molar-refractivity contribution >= 4 is 11.9 Å². The van der Waals surface area contributed by atoms with Crippen LogP contribution in [0, 0.1) is 5.92 Å². The summed E-state index contributed by atoms with van der Waals surface area (Å²) in [6.07, 6.45) is 8.03. The van der Waals surface area contributed by atoms with Crippen LogP contribution in [0.4, 0.5) is 0 Å². The molecule has 0 heterocycles. The van der Waals surface area contributed by atoms with Gasteiger partial charge in [-0.3, -0.25) is 4.79 Å². The van der Waals surface area contributed by atoms with Crippen LogP contribution in [0.1, 0.15) is 38.7 Å². The number of phenols is 1. The van der Waals surface area contributed by atoms with Gasteiger partial charge < -0.3 is 29.2 Å². The van der Waals surface area contributed by atoms with Gasteiger partial charge in [-0.15, -0.1) is 0 Å². The molecule has 0 fully saturated rings. The van der Waals surface area contributed by atoms with Gasteiger partial charge in [-0.05, 0) is 56.1 Å². The molecule has 0 spiro atoms. The van der Waals surface area contributed by atoms with Crippen LogP contribution in [0.25, 0.3) is 5.57 Å². The van der Waals surface area contributed by atoms with Crippen molar-refractivity contribution in [1.82, 2.24) is 0 Å². The fourth-order valence-electron chi connectivity index (χ4n) is 4.08. The van der Waals surface area contributed by atoms with Crippen LogP contribution < -0.4 is 9.47 Å². The maximum atomic E-state index is 11.8. The zero-order chi connectivity index (χ0) is 24.2. The molecular formula is C26H32O7. The van der Waals surface area contributed by atoms with Gasteiger partial charge in [-0.2, -0.15) is 0 Å². The van der Waals surface area contributed by atoms with E-state index < -0.39 is 5.60 Å². The largest absolute Gasteiger partial charge is 0.507 e. The fraction of sp³-hybridized carbons (Fsp3) is 0.423. The highest BCUT2D eigenvalue weighted by Gasteiger charge is 2.26. The van der Waals surface area contributed by atoms with Gasteiger partial charge in [0.1, 0.15) is 17.8 Å². The third-order valence-electron chi connectivity index (χ3n) is 5.96. The molecule has 33 heavy (non-hydrogen) atoms. The van der Waals surface area contributed by atoms with Gasteiger partial charge in [0, 0.05) is 35.6 Å². The summed E-state index contributed by atoms with van der Waals surface area (Å²) in [5, 5.41) is 21.1. The fourth-order valence-corrected chi connectivity index (χ4v) is 4.08. The first kappa shape index (κ1) is 24.5. The zero-order valence-corrected chi connectivity index (χ0v) is 19.8. The van der Waals surface area contributed by atoms with Crippen molar-refractivity contribution < 1.29 is 34.0 Å². The van der Waals surface area contributed by atoms with E-state index in [0.29, 0.717) is 59.8 Å². The van der Waals surface area contributed by atoms with E-state index in [9.17, 15) is 15.0 Å². The van der Waals surface area contributed by atoms with Gasteiger partial charge in [0.2, 0.25) is 0 Å². The van der Waals surface area contributed by atoms with Crippen molar-refractivity contribution in [2.45, 2.75) is 38.7 Å². The first-order valence-corrected chi connectivity index (χ1v) is 10.9. The monoisotopic (exact) mass is 456 g/mol. The van der Waals surface area contributed by atoms with Gasteiger partial charge in [0.15, 0.2) is 11.5 Å². The number of ether oxygens (including phenoxy) is 4. The molecule has 1 atom stereocenters. The van der Waals surface area contributed by atoms with Crippen LogP contribution in [0.15, 0.2) is 53.0 Å². The van der Waals surface area contributed by atoms with E-state index in [-0.39, 0.29) is 11.7 Å². The Morgan fingerprint density at radius 3 is 2.42 bits per heavy atom. The lowest BCUT2D eigenvalue weighted by atomic mass is 9.82. The minimum atomic E-state index is -1.01. The number of aliphatic hydroxyl groups is 1. The van der Waals surface area contributed by atoms with E-state index >= 15 is 0 Å². The van der Waals surface area contributed by atoms with Gasteiger partial charge in [-0.25, -0.2) is 0 Å². The highest BCUT2D eigenvalue weighted by Crippen LogP contribution is 2.43. The Kier molecular flexibility index (Phi) is 7.53. The number of phenolic OH excluding ortho intramolecular Hbond substituents is 1. The number of hydrogen-bond donors (Lipinski definition) is 2. The summed E-state index contributed by atoms with van der Waals surface area (Å²) in [4.78, 5) is 11.8. The lowest BCUT2D eigenvalue weighted by molar-refractivity contribution is -0.104. The summed E-state index contributed by atoms with van der Waals surface area (Å²) >= 11 is 0. The van der Waals surface area contributed by atoms with E-state index in [4.69, 9.17) is 18.9 Å². The number of carbonyl (C=O) groups is 1. The minimum absolute atomic E-state index is 0.00509. The molecule has 0 aliphatic heterocycles. The van der Waals surface area contributed by atoms with Crippen molar-refractivity contribution in [3.63, 3.8) is 0 Å². The third-order valence-corrected chi connectivity index (χ3v) is 5.96. The Balaban J connectivity index is 1.87.